The van der Waals surface area contributed by atoms with Crippen LogP contribution in [0, 0.1) is 23.2 Å². The smallest absolute Gasteiger partial charge is 0.209 e. The molecule has 5 nitrogen and oxygen atoms in total. The summed E-state index contributed by atoms with van der Waals surface area (Å²) in [5.74, 6) is -0.868. The summed E-state index contributed by atoms with van der Waals surface area (Å²) < 4.78 is 16.7. The SMILES string of the molecule is CCOCCOCCOC12C(=O)C(Cl)=C(Cl)C(=O)C13C1CC2C(Cl)C13. The van der Waals surface area contributed by atoms with Crippen molar-refractivity contribution in [2.24, 2.45) is 23.2 Å². The summed E-state index contributed by atoms with van der Waals surface area (Å²) in [6.07, 6.45) is 0.704. The molecule has 6 atom stereocenters. The zero-order chi connectivity index (χ0) is 18.0. The predicted molar refractivity (Wildman–Crippen MR) is 91.9 cm³/mol. The van der Waals surface area contributed by atoms with Crippen LogP contribution in [-0.2, 0) is 23.8 Å². The molecule has 0 aromatic rings. The second kappa shape index (κ2) is 6.18. The zero-order valence-corrected chi connectivity index (χ0v) is 16.0. The normalized spacial score (nSPS) is 43.8. The summed E-state index contributed by atoms with van der Waals surface area (Å²) in [4.78, 5) is 25.9. The minimum atomic E-state index is -1.27. The van der Waals surface area contributed by atoms with E-state index in [1.165, 1.54) is 0 Å². The molecule has 0 aliphatic heterocycles. The van der Waals surface area contributed by atoms with Gasteiger partial charge in [0.2, 0.25) is 5.78 Å². The molecule has 25 heavy (non-hydrogen) atoms. The highest BCUT2D eigenvalue weighted by Gasteiger charge is 2.95. The Bertz CT molecular complexity index is 665. The van der Waals surface area contributed by atoms with Gasteiger partial charge in [0, 0.05) is 17.9 Å². The van der Waals surface area contributed by atoms with Gasteiger partial charge < -0.3 is 14.2 Å². The van der Waals surface area contributed by atoms with Crippen molar-refractivity contribution in [3.63, 3.8) is 0 Å². The van der Waals surface area contributed by atoms with Crippen molar-refractivity contribution in [3.8, 4) is 0 Å². The van der Waals surface area contributed by atoms with Crippen molar-refractivity contribution in [3.05, 3.63) is 10.1 Å². The van der Waals surface area contributed by atoms with Gasteiger partial charge in [0.1, 0.15) is 15.7 Å². The second-order valence-corrected chi connectivity index (χ2v) is 8.23. The standard InChI is InChI=1S/C17H19Cl3O5/c1-2-23-3-4-24-5-6-25-17-9-7-8-10(11(9)18)16(8,17)14(21)12(19)13(20)15(17)22/h8-11H,2-7H2,1H3. The van der Waals surface area contributed by atoms with E-state index in [4.69, 9.17) is 49.0 Å². The van der Waals surface area contributed by atoms with Gasteiger partial charge in [0.25, 0.3) is 0 Å². The monoisotopic (exact) mass is 408 g/mol. The van der Waals surface area contributed by atoms with Gasteiger partial charge in [-0.3, -0.25) is 9.59 Å². The molecule has 5 rings (SSSR count). The van der Waals surface area contributed by atoms with Crippen LogP contribution in [0.3, 0.4) is 0 Å². The van der Waals surface area contributed by atoms with Gasteiger partial charge in [-0.15, -0.1) is 11.6 Å². The third-order valence-electron chi connectivity index (χ3n) is 6.25. The Balaban J connectivity index is 1.53. The van der Waals surface area contributed by atoms with Crippen molar-refractivity contribution in [1.82, 2.24) is 0 Å². The van der Waals surface area contributed by atoms with Crippen molar-refractivity contribution in [2.45, 2.75) is 24.3 Å². The number of ketones is 2. The molecule has 0 saturated heterocycles. The molecule has 5 aliphatic carbocycles. The van der Waals surface area contributed by atoms with Crippen molar-refractivity contribution < 1.29 is 23.8 Å². The van der Waals surface area contributed by atoms with E-state index in [9.17, 15) is 9.59 Å². The second-order valence-electron chi connectivity index (χ2n) is 6.97. The third kappa shape index (κ3) is 2.03. The quantitative estimate of drug-likeness (QED) is 0.455. The fourth-order valence-electron chi connectivity index (χ4n) is 5.47. The average molecular weight is 410 g/mol. The van der Waals surface area contributed by atoms with Gasteiger partial charge in [-0.25, -0.2) is 0 Å². The lowest BCUT2D eigenvalue weighted by Crippen LogP contribution is -2.57. The molecule has 0 aromatic heterocycles. The molecule has 4 saturated carbocycles. The molecule has 4 fully saturated rings. The van der Waals surface area contributed by atoms with Crippen LogP contribution in [-0.4, -0.2) is 55.6 Å². The lowest BCUT2D eigenvalue weighted by atomic mass is 9.73. The fourth-order valence-corrected chi connectivity index (χ4v) is 6.60. The van der Waals surface area contributed by atoms with Crippen molar-refractivity contribution in [2.75, 3.05) is 33.0 Å². The van der Waals surface area contributed by atoms with Gasteiger partial charge in [0.15, 0.2) is 5.78 Å². The van der Waals surface area contributed by atoms with Gasteiger partial charge >= 0.3 is 0 Å². The van der Waals surface area contributed by atoms with Crippen LogP contribution in [0.1, 0.15) is 13.3 Å². The lowest BCUT2D eigenvalue weighted by molar-refractivity contribution is -0.164. The highest BCUT2D eigenvalue weighted by atomic mass is 35.5. The van der Waals surface area contributed by atoms with Crippen LogP contribution in [0.4, 0.5) is 0 Å². The number of carbonyl (C=O) groups is 2. The maximum Gasteiger partial charge on any atom is 0.209 e. The maximum absolute atomic E-state index is 13.0. The Hall–Kier alpha value is -0.170. The first-order chi connectivity index (χ1) is 12.0. The first-order valence-electron chi connectivity index (χ1n) is 8.54. The molecule has 138 valence electrons. The molecule has 1 spiro atoms. The molecule has 0 amide bonds. The summed E-state index contributed by atoms with van der Waals surface area (Å²) in [6.45, 7) is 3.99. The van der Waals surface area contributed by atoms with Crippen LogP contribution in [0.15, 0.2) is 10.1 Å². The molecular formula is C17H19Cl3O5. The molecule has 0 N–H and O–H groups in total. The summed E-state index contributed by atoms with van der Waals surface area (Å²) in [5.41, 5.74) is -2.19. The zero-order valence-electron chi connectivity index (χ0n) is 13.7. The Kier molecular flexibility index (Phi) is 4.50. The van der Waals surface area contributed by atoms with Gasteiger partial charge in [-0.05, 0) is 25.2 Å². The molecule has 0 radical (unpaired) electrons. The first-order valence-corrected chi connectivity index (χ1v) is 9.73. The lowest BCUT2D eigenvalue weighted by Gasteiger charge is -2.40. The molecule has 6 unspecified atom stereocenters. The van der Waals surface area contributed by atoms with Gasteiger partial charge in [-0.1, -0.05) is 23.2 Å². The van der Waals surface area contributed by atoms with Crippen LogP contribution >= 0.6 is 34.8 Å². The van der Waals surface area contributed by atoms with Crippen molar-refractivity contribution in [1.29, 1.82) is 0 Å². The molecular weight excluding hydrogens is 391 g/mol. The Morgan fingerprint density at radius 3 is 2.28 bits per heavy atom. The Morgan fingerprint density at radius 1 is 1.00 bits per heavy atom. The van der Waals surface area contributed by atoms with Crippen molar-refractivity contribution >= 4 is 46.4 Å². The molecule has 0 heterocycles. The van der Waals surface area contributed by atoms with Crippen LogP contribution in [0.5, 0.6) is 0 Å². The number of rotatable bonds is 8. The van der Waals surface area contributed by atoms with Crippen LogP contribution < -0.4 is 0 Å². The Morgan fingerprint density at radius 2 is 1.64 bits per heavy atom. The van der Waals surface area contributed by atoms with Gasteiger partial charge in [0.05, 0.1) is 31.8 Å². The summed E-state index contributed by atoms with van der Waals surface area (Å²) in [5, 5.41) is -0.654. The van der Waals surface area contributed by atoms with E-state index in [1.807, 2.05) is 6.92 Å². The molecule has 8 heteroatoms. The number of alkyl halides is 1. The van der Waals surface area contributed by atoms with Crippen LogP contribution in [0.2, 0.25) is 0 Å². The number of hydrogen-bond acceptors (Lipinski definition) is 5. The predicted octanol–water partition coefficient (Wildman–Crippen LogP) is 2.51. The third-order valence-corrected chi connectivity index (χ3v) is 7.64. The molecule has 4 bridgehead atoms. The number of Topliss-reactive ketones (excluding diaryl/α,β-unsaturated/α-hetero) is 2. The fraction of sp³-hybridized carbons (Fsp3) is 0.765. The number of hydrogen-bond donors (Lipinski definition) is 0. The van der Waals surface area contributed by atoms with E-state index in [1.54, 1.807) is 0 Å². The van der Waals surface area contributed by atoms with E-state index >= 15 is 0 Å². The van der Waals surface area contributed by atoms with E-state index in [-0.39, 0.29) is 45.6 Å². The summed E-state index contributed by atoms with van der Waals surface area (Å²) in [7, 11) is 0. The minimum Gasteiger partial charge on any atom is -0.379 e. The maximum atomic E-state index is 13.0. The largest absolute Gasteiger partial charge is 0.379 e. The number of carbonyl (C=O) groups excluding carboxylic acids is 2. The number of allylic oxidation sites excluding steroid dienone is 1. The highest BCUT2D eigenvalue weighted by Crippen LogP contribution is 2.86. The molecule has 5 aliphatic rings. The van der Waals surface area contributed by atoms with E-state index < -0.39 is 16.8 Å². The Labute approximate surface area is 160 Å². The molecule has 0 aromatic carbocycles. The van der Waals surface area contributed by atoms with Crippen LogP contribution in [0.25, 0.3) is 0 Å². The number of ether oxygens (including phenoxy) is 3. The summed E-state index contributed by atoms with van der Waals surface area (Å²) in [6, 6.07) is 0. The number of halogens is 3. The van der Waals surface area contributed by atoms with Gasteiger partial charge in [-0.2, -0.15) is 0 Å². The van der Waals surface area contributed by atoms with E-state index in [0.29, 0.717) is 32.8 Å². The topological polar surface area (TPSA) is 61.8 Å². The minimum absolute atomic E-state index is 0.0481. The average Bonchev–Trinajstić information content (AvgIpc) is 2.88. The highest BCUT2D eigenvalue weighted by molar-refractivity contribution is 6.57. The first kappa shape index (κ1) is 18.2. The van der Waals surface area contributed by atoms with E-state index in [0.717, 1.165) is 0 Å². The van der Waals surface area contributed by atoms with E-state index in [2.05, 4.69) is 0 Å². The summed E-state index contributed by atoms with van der Waals surface area (Å²) >= 11 is 18.7.